The summed E-state index contributed by atoms with van der Waals surface area (Å²) in [4.78, 5) is 39.2. The maximum Gasteiger partial charge on any atom is 0.251 e. The number of nitrogens with two attached hydrogens (primary N) is 1. The van der Waals surface area contributed by atoms with Crippen LogP contribution >= 0.6 is 22.9 Å². The van der Waals surface area contributed by atoms with E-state index in [1.54, 1.807) is 46.3 Å². The van der Waals surface area contributed by atoms with Crippen molar-refractivity contribution in [3.63, 3.8) is 0 Å². The molecule has 1 saturated heterocycles. The Morgan fingerprint density at radius 3 is 2.62 bits per heavy atom. The number of alkyl halides is 1. The van der Waals surface area contributed by atoms with E-state index in [2.05, 4.69) is 5.32 Å². The topological polar surface area (TPSA) is 97.4 Å². The van der Waals surface area contributed by atoms with E-state index in [0.29, 0.717) is 20.8 Å². The second-order valence-corrected chi connectivity index (χ2v) is 10.0. The molecule has 1 fully saturated rings. The summed E-state index contributed by atoms with van der Waals surface area (Å²) >= 11 is 7.53. The Kier molecular flexibility index (Phi) is 6.70. The SMILES string of the molecule is NC(=O)c1cn(CC(=O)N2C[C@H](F)C[C@H]2C(=O)Nc2cccc(-c3ccccc3Cl)c2F)c2ccsc12. The Hall–Kier alpha value is -3.76. The number of rotatable bonds is 6. The number of amides is 3. The number of carbonyl (C=O) groups is 3. The summed E-state index contributed by atoms with van der Waals surface area (Å²) in [6, 6.07) is 11.9. The molecule has 2 aromatic heterocycles. The summed E-state index contributed by atoms with van der Waals surface area (Å²) in [7, 11) is 0. The number of primary amides is 1. The Morgan fingerprint density at radius 2 is 1.86 bits per heavy atom. The molecule has 7 nitrogen and oxygen atoms in total. The van der Waals surface area contributed by atoms with Crippen molar-refractivity contribution in [3.05, 3.63) is 76.5 Å². The van der Waals surface area contributed by atoms with Crippen LogP contribution in [0, 0.1) is 5.82 Å². The van der Waals surface area contributed by atoms with Gasteiger partial charge in [-0.2, -0.15) is 0 Å². The molecule has 3 amide bonds. The molecule has 0 unspecified atom stereocenters. The van der Waals surface area contributed by atoms with E-state index in [1.807, 2.05) is 0 Å². The van der Waals surface area contributed by atoms with Crippen LogP contribution in [0.25, 0.3) is 21.3 Å². The Labute approximate surface area is 219 Å². The molecule has 0 aliphatic carbocycles. The van der Waals surface area contributed by atoms with Crippen LogP contribution in [-0.2, 0) is 16.1 Å². The van der Waals surface area contributed by atoms with Gasteiger partial charge in [0.15, 0.2) is 5.82 Å². The lowest BCUT2D eigenvalue weighted by Gasteiger charge is -2.24. The van der Waals surface area contributed by atoms with Gasteiger partial charge in [0.2, 0.25) is 11.8 Å². The quantitative estimate of drug-likeness (QED) is 0.365. The van der Waals surface area contributed by atoms with Crippen molar-refractivity contribution in [2.24, 2.45) is 5.73 Å². The van der Waals surface area contributed by atoms with Gasteiger partial charge in [0.1, 0.15) is 18.8 Å². The second-order valence-electron chi connectivity index (χ2n) is 8.70. The highest BCUT2D eigenvalue weighted by Crippen LogP contribution is 2.33. The number of carbonyl (C=O) groups excluding carboxylic acids is 3. The predicted octanol–water partition coefficient (Wildman–Crippen LogP) is 4.84. The molecule has 2 aromatic carbocycles. The smallest absolute Gasteiger partial charge is 0.251 e. The molecule has 0 spiro atoms. The number of fused-ring (bicyclic) bond motifs is 1. The van der Waals surface area contributed by atoms with E-state index >= 15 is 4.39 Å². The summed E-state index contributed by atoms with van der Waals surface area (Å²) in [6.45, 7) is -0.483. The van der Waals surface area contributed by atoms with Gasteiger partial charge in [-0.3, -0.25) is 14.4 Å². The standard InChI is InChI=1S/C26H21ClF2N4O3S/c27-18-6-2-1-4-15(18)16-5-3-7-19(23(16)29)31-26(36)21-10-14(28)11-33(21)22(34)13-32-12-17(25(30)35)24-20(32)8-9-37-24/h1-9,12,14,21H,10-11,13H2,(H2,30,35)(H,31,36)/t14-,21+/m1/s1. The molecule has 190 valence electrons. The average Bonchev–Trinajstić information content (AvgIpc) is 3.57. The van der Waals surface area contributed by atoms with Gasteiger partial charge in [0, 0.05) is 28.8 Å². The zero-order chi connectivity index (χ0) is 26.3. The second kappa shape index (κ2) is 9.95. The summed E-state index contributed by atoms with van der Waals surface area (Å²) in [5.41, 5.74) is 6.92. The Bertz CT molecular complexity index is 1540. The third kappa shape index (κ3) is 4.70. The van der Waals surface area contributed by atoms with Gasteiger partial charge in [-0.05, 0) is 23.6 Å². The van der Waals surface area contributed by atoms with Crippen LogP contribution in [-0.4, -0.2) is 45.9 Å². The third-order valence-electron chi connectivity index (χ3n) is 6.35. The van der Waals surface area contributed by atoms with Crippen molar-refractivity contribution in [1.29, 1.82) is 0 Å². The van der Waals surface area contributed by atoms with Crippen LogP contribution in [0.15, 0.2) is 60.1 Å². The lowest BCUT2D eigenvalue weighted by molar-refractivity contribution is -0.137. The number of nitrogens with one attached hydrogen (secondary N) is 1. The van der Waals surface area contributed by atoms with E-state index in [0.717, 1.165) is 4.90 Å². The highest BCUT2D eigenvalue weighted by Gasteiger charge is 2.40. The fourth-order valence-corrected chi connectivity index (χ4v) is 5.76. The van der Waals surface area contributed by atoms with Gasteiger partial charge >= 0.3 is 0 Å². The van der Waals surface area contributed by atoms with Crippen molar-refractivity contribution >= 4 is 56.6 Å². The van der Waals surface area contributed by atoms with Crippen molar-refractivity contribution in [2.75, 3.05) is 11.9 Å². The number of likely N-dealkylation sites (tertiary alicyclic amines) is 1. The molecule has 3 heterocycles. The number of anilines is 1. The normalized spacial score (nSPS) is 17.3. The minimum atomic E-state index is -1.41. The van der Waals surface area contributed by atoms with Crippen molar-refractivity contribution in [1.82, 2.24) is 9.47 Å². The van der Waals surface area contributed by atoms with Crippen LogP contribution in [0.2, 0.25) is 5.02 Å². The van der Waals surface area contributed by atoms with Crippen LogP contribution in [0.3, 0.4) is 0 Å². The van der Waals surface area contributed by atoms with Gasteiger partial charge in [0.25, 0.3) is 5.91 Å². The summed E-state index contributed by atoms with van der Waals surface area (Å²) in [5.74, 6) is -2.52. The van der Waals surface area contributed by atoms with Gasteiger partial charge < -0.3 is 20.5 Å². The molecule has 1 aliphatic heterocycles. The van der Waals surface area contributed by atoms with Crippen LogP contribution < -0.4 is 11.1 Å². The lowest BCUT2D eigenvalue weighted by atomic mass is 10.0. The molecule has 0 radical (unpaired) electrons. The summed E-state index contributed by atoms with van der Waals surface area (Å²) < 4.78 is 31.9. The molecule has 2 atom stereocenters. The van der Waals surface area contributed by atoms with E-state index in [1.165, 1.54) is 29.7 Å². The van der Waals surface area contributed by atoms with Crippen molar-refractivity contribution < 1.29 is 23.2 Å². The number of benzene rings is 2. The molecule has 1 aliphatic rings. The number of hydrogen-bond donors (Lipinski definition) is 2. The monoisotopic (exact) mass is 542 g/mol. The van der Waals surface area contributed by atoms with E-state index in [4.69, 9.17) is 17.3 Å². The van der Waals surface area contributed by atoms with E-state index in [9.17, 15) is 18.8 Å². The van der Waals surface area contributed by atoms with Gasteiger partial charge in [-0.15, -0.1) is 11.3 Å². The Morgan fingerprint density at radius 1 is 1.11 bits per heavy atom. The first-order valence-electron chi connectivity index (χ1n) is 11.4. The van der Waals surface area contributed by atoms with Crippen LogP contribution in [0.1, 0.15) is 16.8 Å². The minimum absolute atomic E-state index is 0.103. The van der Waals surface area contributed by atoms with Crippen molar-refractivity contribution in [2.45, 2.75) is 25.2 Å². The first kappa shape index (κ1) is 24.9. The zero-order valence-corrected chi connectivity index (χ0v) is 20.9. The minimum Gasteiger partial charge on any atom is -0.366 e. The molecular weight excluding hydrogens is 522 g/mol. The molecule has 5 rings (SSSR count). The summed E-state index contributed by atoms with van der Waals surface area (Å²) in [5, 5.41) is 4.63. The lowest BCUT2D eigenvalue weighted by Crippen LogP contribution is -2.44. The fraction of sp³-hybridized carbons (Fsp3) is 0.192. The molecule has 3 N–H and O–H groups in total. The highest BCUT2D eigenvalue weighted by molar-refractivity contribution is 7.17. The Balaban J connectivity index is 1.37. The number of nitrogens with zero attached hydrogens (tertiary/aromatic N) is 2. The van der Waals surface area contributed by atoms with Gasteiger partial charge in [-0.25, -0.2) is 8.78 Å². The first-order valence-corrected chi connectivity index (χ1v) is 12.6. The van der Waals surface area contributed by atoms with E-state index < -0.39 is 35.8 Å². The van der Waals surface area contributed by atoms with Gasteiger partial charge in [-0.1, -0.05) is 41.9 Å². The predicted molar refractivity (Wildman–Crippen MR) is 139 cm³/mol. The van der Waals surface area contributed by atoms with Crippen LogP contribution in [0.4, 0.5) is 14.5 Å². The zero-order valence-electron chi connectivity index (χ0n) is 19.3. The molecule has 0 saturated carbocycles. The van der Waals surface area contributed by atoms with E-state index in [-0.39, 0.29) is 36.3 Å². The number of halogens is 3. The molecule has 4 aromatic rings. The molecule has 11 heteroatoms. The average molecular weight is 543 g/mol. The van der Waals surface area contributed by atoms with Crippen LogP contribution in [0.5, 0.6) is 0 Å². The number of aromatic nitrogens is 1. The number of thiophene rings is 1. The fourth-order valence-electron chi connectivity index (χ4n) is 4.60. The maximum atomic E-state index is 15.3. The van der Waals surface area contributed by atoms with Gasteiger partial charge in [0.05, 0.1) is 28.0 Å². The maximum absolute atomic E-state index is 15.3. The van der Waals surface area contributed by atoms with Crippen molar-refractivity contribution in [3.8, 4) is 11.1 Å². The largest absolute Gasteiger partial charge is 0.366 e. The summed E-state index contributed by atoms with van der Waals surface area (Å²) in [6.07, 6.45) is -0.143. The molecular formula is C26H21ClF2N4O3S. The highest BCUT2D eigenvalue weighted by atomic mass is 35.5. The first-order chi connectivity index (χ1) is 17.7. The third-order valence-corrected chi connectivity index (χ3v) is 7.61. The number of hydrogen-bond acceptors (Lipinski definition) is 4. The molecule has 37 heavy (non-hydrogen) atoms. The molecule has 0 bridgehead atoms.